The summed E-state index contributed by atoms with van der Waals surface area (Å²) in [7, 11) is -3.09. The van der Waals surface area contributed by atoms with Gasteiger partial charge in [-0.3, -0.25) is 0 Å². The Labute approximate surface area is 97.8 Å². The third-order valence-corrected chi connectivity index (χ3v) is 3.55. The summed E-state index contributed by atoms with van der Waals surface area (Å²) < 4.78 is 22.5. The minimum atomic E-state index is -3.09. The van der Waals surface area contributed by atoms with Crippen LogP contribution < -0.4 is 5.32 Å². The molecule has 4 heteroatoms. The van der Waals surface area contributed by atoms with Crippen LogP contribution >= 0.6 is 0 Å². The third kappa shape index (κ3) is 3.85. The van der Waals surface area contributed by atoms with E-state index >= 15 is 0 Å². The average Bonchev–Trinajstić information content (AvgIpc) is 2.17. The number of anilines is 1. The summed E-state index contributed by atoms with van der Waals surface area (Å²) in [6.45, 7) is 4.26. The maximum Gasteiger partial charge on any atom is 0.175 e. The van der Waals surface area contributed by atoms with Crippen LogP contribution in [-0.4, -0.2) is 20.7 Å². The molecule has 1 rings (SSSR count). The molecular formula is C12H19NO2S. The summed E-state index contributed by atoms with van der Waals surface area (Å²) in [6.07, 6.45) is 3.46. The minimum Gasteiger partial charge on any atom is -0.383 e. The highest BCUT2D eigenvalue weighted by molar-refractivity contribution is 7.90. The molecule has 90 valence electrons. The Morgan fingerprint density at radius 3 is 2.25 bits per heavy atom. The van der Waals surface area contributed by atoms with Gasteiger partial charge in [-0.1, -0.05) is 13.3 Å². The topological polar surface area (TPSA) is 46.2 Å². The highest BCUT2D eigenvalue weighted by atomic mass is 32.2. The molecule has 0 radical (unpaired) electrons. The molecule has 0 spiro atoms. The quantitative estimate of drug-likeness (QED) is 0.862. The summed E-state index contributed by atoms with van der Waals surface area (Å²) in [5.41, 5.74) is 0.966. The van der Waals surface area contributed by atoms with Crippen molar-refractivity contribution in [2.45, 2.75) is 37.6 Å². The Kier molecular flexibility index (Phi) is 4.35. The van der Waals surface area contributed by atoms with E-state index in [-0.39, 0.29) is 0 Å². The Bertz CT molecular complexity index is 423. The van der Waals surface area contributed by atoms with Gasteiger partial charge in [0.25, 0.3) is 0 Å². The summed E-state index contributed by atoms with van der Waals surface area (Å²) in [6, 6.07) is 7.30. The standard InChI is InChI=1S/C12H19NO2S/c1-4-5-10(2)13-11-6-8-12(9-7-11)16(3,14)15/h6-10,13H,4-5H2,1-3H3. The van der Waals surface area contributed by atoms with E-state index in [0.717, 1.165) is 18.5 Å². The second-order valence-corrected chi connectivity index (χ2v) is 6.15. The first-order valence-corrected chi connectivity index (χ1v) is 7.39. The molecule has 0 heterocycles. The number of hydrogen-bond donors (Lipinski definition) is 1. The molecule has 0 aliphatic heterocycles. The first kappa shape index (κ1) is 13.0. The second kappa shape index (κ2) is 5.34. The molecule has 0 aliphatic rings. The van der Waals surface area contributed by atoms with Crippen molar-refractivity contribution in [2.75, 3.05) is 11.6 Å². The molecule has 0 saturated carbocycles. The smallest absolute Gasteiger partial charge is 0.175 e. The molecule has 0 aromatic heterocycles. The van der Waals surface area contributed by atoms with E-state index in [1.165, 1.54) is 6.26 Å². The molecular weight excluding hydrogens is 222 g/mol. The van der Waals surface area contributed by atoms with Crippen LogP contribution in [0.25, 0.3) is 0 Å². The predicted molar refractivity (Wildman–Crippen MR) is 67.5 cm³/mol. The average molecular weight is 241 g/mol. The van der Waals surface area contributed by atoms with E-state index in [1.54, 1.807) is 12.1 Å². The van der Waals surface area contributed by atoms with Crippen LogP contribution in [0, 0.1) is 0 Å². The van der Waals surface area contributed by atoms with Crippen LogP contribution in [0.2, 0.25) is 0 Å². The molecule has 1 aromatic rings. The Hall–Kier alpha value is -1.03. The van der Waals surface area contributed by atoms with Crippen molar-refractivity contribution < 1.29 is 8.42 Å². The van der Waals surface area contributed by atoms with Crippen molar-refractivity contribution in [3.63, 3.8) is 0 Å². The first-order valence-electron chi connectivity index (χ1n) is 5.50. The third-order valence-electron chi connectivity index (χ3n) is 2.42. The maximum absolute atomic E-state index is 11.2. The molecule has 0 fully saturated rings. The minimum absolute atomic E-state index is 0.362. The van der Waals surface area contributed by atoms with Gasteiger partial charge in [-0.2, -0.15) is 0 Å². The number of sulfone groups is 1. The lowest BCUT2D eigenvalue weighted by Crippen LogP contribution is -2.14. The Balaban J connectivity index is 2.72. The van der Waals surface area contributed by atoms with Crippen molar-refractivity contribution >= 4 is 15.5 Å². The van der Waals surface area contributed by atoms with Crippen LogP contribution in [0.3, 0.4) is 0 Å². The number of nitrogens with one attached hydrogen (secondary N) is 1. The lowest BCUT2D eigenvalue weighted by Gasteiger charge is -2.14. The first-order chi connectivity index (χ1) is 7.43. The van der Waals surface area contributed by atoms with Gasteiger partial charge in [0.15, 0.2) is 9.84 Å². The number of benzene rings is 1. The normalized spacial score (nSPS) is 13.4. The lowest BCUT2D eigenvalue weighted by molar-refractivity contribution is 0.602. The molecule has 1 atom stereocenters. The van der Waals surface area contributed by atoms with E-state index < -0.39 is 9.84 Å². The summed E-state index contributed by atoms with van der Waals surface area (Å²) in [4.78, 5) is 0.362. The van der Waals surface area contributed by atoms with Gasteiger partial charge in [-0.05, 0) is 37.6 Å². The van der Waals surface area contributed by atoms with E-state index in [4.69, 9.17) is 0 Å². The predicted octanol–water partition coefficient (Wildman–Crippen LogP) is 2.69. The van der Waals surface area contributed by atoms with E-state index in [0.29, 0.717) is 10.9 Å². The highest BCUT2D eigenvalue weighted by Crippen LogP contribution is 2.15. The van der Waals surface area contributed by atoms with Gasteiger partial charge in [0, 0.05) is 18.0 Å². The van der Waals surface area contributed by atoms with Crippen LogP contribution in [-0.2, 0) is 9.84 Å². The lowest BCUT2D eigenvalue weighted by atomic mass is 10.2. The number of rotatable bonds is 5. The summed E-state index contributed by atoms with van der Waals surface area (Å²) in [5.74, 6) is 0. The molecule has 1 N–H and O–H groups in total. The largest absolute Gasteiger partial charge is 0.383 e. The zero-order valence-electron chi connectivity index (χ0n) is 10.0. The maximum atomic E-state index is 11.2. The molecule has 3 nitrogen and oxygen atoms in total. The molecule has 0 bridgehead atoms. The molecule has 0 amide bonds. The van der Waals surface area contributed by atoms with Crippen LogP contribution in [0.5, 0.6) is 0 Å². The molecule has 16 heavy (non-hydrogen) atoms. The van der Waals surface area contributed by atoms with Crippen molar-refractivity contribution in [3.8, 4) is 0 Å². The van der Waals surface area contributed by atoms with E-state index in [9.17, 15) is 8.42 Å². The van der Waals surface area contributed by atoms with Gasteiger partial charge in [-0.15, -0.1) is 0 Å². The molecule has 0 aliphatic carbocycles. The fourth-order valence-corrected chi connectivity index (χ4v) is 2.22. The van der Waals surface area contributed by atoms with E-state index in [2.05, 4.69) is 19.2 Å². The van der Waals surface area contributed by atoms with Gasteiger partial charge in [0.1, 0.15) is 0 Å². The monoisotopic (exact) mass is 241 g/mol. The van der Waals surface area contributed by atoms with Gasteiger partial charge in [0.2, 0.25) is 0 Å². The van der Waals surface area contributed by atoms with Crippen LogP contribution in [0.1, 0.15) is 26.7 Å². The van der Waals surface area contributed by atoms with Crippen molar-refractivity contribution in [1.29, 1.82) is 0 Å². The SMILES string of the molecule is CCCC(C)Nc1ccc(S(C)(=O)=O)cc1. The van der Waals surface area contributed by atoms with Crippen LogP contribution in [0.4, 0.5) is 5.69 Å². The molecule has 1 unspecified atom stereocenters. The van der Waals surface area contributed by atoms with Gasteiger partial charge >= 0.3 is 0 Å². The Morgan fingerprint density at radius 1 is 1.25 bits per heavy atom. The second-order valence-electron chi connectivity index (χ2n) is 4.13. The molecule has 0 saturated heterocycles. The van der Waals surface area contributed by atoms with Gasteiger partial charge < -0.3 is 5.32 Å². The van der Waals surface area contributed by atoms with E-state index in [1.807, 2.05) is 12.1 Å². The van der Waals surface area contributed by atoms with Crippen molar-refractivity contribution in [3.05, 3.63) is 24.3 Å². The van der Waals surface area contributed by atoms with Gasteiger partial charge in [0.05, 0.1) is 4.90 Å². The fourth-order valence-electron chi connectivity index (χ4n) is 1.59. The zero-order valence-corrected chi connectivity index (χ0v) is 10.8. The summed E-state index contributed by atoms with van der Waals surface area (Å²) in [5, 5.41) is 3.33. The van der Waals surface area contributed by atoms with Crippen molar-refractivity contribution in [1.82, 2.24) is 0 Å². The zero-order chi connectivity index (χ0) is 12.2. The van der Waals surface area contributed by atoms with Gasteiger partial charge in [-0.25, -0.2) is 8.42 Å². The summed E-state index contributed by atoms with van der Waals surface area (Å²) >= 11 is 0. The molecule has 1 aromatic carbocycles. The van der Waals surface area contributed by atoms with Crippen molar-refractivity contribution in [2.24, 2.45) is 0 Å². The Morgan fingerprint density at radius 2 is 1.81 bits per heavy atom. The highest BCUT2D eigenvalue weighted by Gasteiger charge is 2.06. The van der Waals surface area contributed by atoms with Crippen LogP contribution in [0.15, 0.2) is 29.2 Å². The fraction of sp³-hybridized carbons (Fsp3) is 0.500. The number of hydrogen-bond acceptors (Lipinski definition) is 3.